The van der Waals surface area contributed by atoms with Crippen molar-refractivity contribution in [3.63, 3.8) is 0 Å². The Morgan fingerprint density at radius 1 is 1.30 bits per heavy atom. The van der Waals surface area contributed by atoms with Crippen LogP contribution in [0, 0.1) is 0 Å². The Hall–Kier alpha value is -2.47. The molecule has 3 aromatic rings. The van der Waals surface area contributed by atoms with Crippen LogP contribution in [0.1, 0.15) is 18.6 Å². The zero-order valence-corrected chi connectivity index (χ0v) is 11.3. The second kappa shape index (κ2) is 4.90. The Bertz CT molecular complexity index is 752. The van der Waals surface area contributed by atoms with Crippen molar-refractivity contribution >= 4 is 17.0 Å². The van der Waals surface area contributed by atoms with Crippen molar-refractivity contribution in [2.45, 2.75) is 13.0 Å². The summed E-state index contributed by atoms with van der Waals surface area (Å²) in [6.07, 6.45) is 1.73. The van der Waals surface area contributed by atoms with E-state index in [0.717, 1.165) is 22.2 Å². The Morgan fingerprint density at radius 2 is 2.15 bits per heavy atom. The molecule has 6 heteroatoms. The number of benzene rings is 1. The smallest absolute Gasteiger partial charge is 0.222 e. The summed E-state index contributed by atoms with van der Waals surface area (Å²) in [6, 6.07) is 8.03. The first kappa shape index (κ1) is 12.6. The van der Waals surface area contributed by atoms with Gasteiger partial charge in [-0.1, -0.05) is 18.2 Å². The Labute approximate surface area is 116 Å². The number of H-pyrrole nitrogens is 1. The van der Waals surface area contributed by atoms with E-state index in [9.17, 15) is 0 Å². The number of nitrogens with one attached hydrogen (secondary N) is 1. The van der Waals surface area contributed by atoms with E-state index in [1.165, 1.54) is 0 Å². The highest BCUT2D eigenvalue weighted by Gasteiger charge is 2.12. The molecule has 20 heavy (non-hydrogen) atoms. The normalized spacial score (nSPS) is 12.7. The minimum atomic E-state index is 0.0222. The van der Waals surface area contributed by atoms with Crippen molar-refractivity contribution < 1.29 is 4.74 Å². The number of nitrogens with zero attached hydrogens (tertiary/aromatic N) is 3. The topological polar surface area (TPSA) is 89.7 Å². The molecule has 0 unspecified atom stereocenters. The van der Waals surface area contributed by atoms with Gasteiger partial charge in [0, 0.05) is 12.7 Å². The average molecular weight is 269 g/mol. The average Bonchev–Trinajstić information content (AvgIpc) is 2.93. The number of hydrogen-bond acceptors (Lipinski definition) is 5. The molecule has 0 aliphatic heterocycles. The molecule has 0 spiro atoms. The molecule has 6 nitrogen and oxygen atoms in total. The van der Waals surface area contributed by atoms with Crippen LogP contribution in [0.15, 0.2) is 30.5 Å². The molecule has 0 aliphatic rings. The van der Waals surface area contributed by atoms with E-state index in [-0.39, 0.29) is 12.1 Å². The molecule has 0 saturated carbocycles. The zero-order valence-electron chi connectivity index (χ0n) is 11.3. The summed E-state index contributed by atoms with van der Waals surface area (Å²) in [4.78, 5) is 8.46. The standard InChI is InChI=1S/C14H15N5O/c1-8(20-2)9-4-3-5-10(6-9)12-11-7-16-19-13(11)18-14(15)17-12/h3-8H,1-2H3,(H3,15,16,17,18,19)/t8-/m1/s1. The minimum absolute atomic E-state index is 0.0222. The van der Waals surface area contributed by atoms with Gasteiger partial charge in [0.05, 0.1) is 23.4 Å². The van der Waals surface area contributed by atoms with Gasteiger partial charge in [0.2, 0.25) is 5.95 Å². The van der Waals surface area contributed by atoms with Crippen LogP contribution in [-0.2, 0) is 4.74 Å². The monoisotopic (exact) mass is 269 g/mol. The maximum absolute atomic E-state index is 5.75. The largest absolute Gasteiger partial charge is 0.377 e. The van der Waals surface area contributed by atoms with Gasteiger partial charge in [-0.3, -0.25) is 5.10 Å². The number of fused-ring (bicyclic) bond motifs is 1. The van der Waals surface area contributed by atoms with E-state index in [1.807, 2.05) is 31.2 Å². The van der Waals surface area contributed by atoms with Crippen LogP contribution in [0.3, 0.4) is 0 Å². The van der Waals surface area contributed by atoms with Crippen LogP contribution < -0.4 is 5.73 Å². The quantitative estimate of drug-likeness (QED) is 0.761. The van der Waals surface area contributed by atoms with Gasteiger partial charge >= 0.3 is 0 Å². The molecule has 0 saturated heterocycles. The van der Waals surface area contributed by atoms with Gasteiger partial charge in [0.1, 0.15) is 0 Å². The van der Waals surface area contributed by atoms with Crippen LogP contribution in [0.25, 0.3) is 22.3 Å². The van der Waals surface area contributed by atoms with E-state index in [1.54, 1.807) is 13.3 Å². The highest BCUT2D eigenvalue weighted by molar-refractivity contribution is 5.90. The summed E-state index contributed by atoms with van der Waals surface area (Å²) in [6.45, 7) is 2.00. The zero-order chi connectivity index (χ0) is 14.1. The molecule has 0 aliphatic carbocycles. The van der Waals surface area contributed by atoms with Crippen LogP contribution in [0.4, 0.5) is 5.95 Å². The Morgan fingerprint density at radius 3 is 2.95 bits per heavy atom. The molecular weight excluding hydrogens is 254 g/mol. The predicted molar refractivity (Wildman–Crippen MR) is 77.0 cm³/mol. The first-order valence-electron chi connectivity index (χ1n) is 6.28. The number of aromatic nitrogens is 4. The van der Waals surface area contributed by atoms with Gasteiger partial charge in [-0.25, -0.2) is 4.98 Å². The first-order valence-corrected chi connectivity index (χ1v) is 6.28. The van der Waals surface area contributed by atoms with E-state index in [2.05, 4.69) is 20.2 Å². The van der Waals surface area contributed by atoms with Crippen molar-refractivity contribution in [2.75, 3.05) is 12.8 Å². The number of anilines is 1. The van der Waals surface area contributed by atoms with E-state index in [0.29, 0.717) is 5.65 Å². The van der Waals surface area contributed by atoms with Crippen molar-refractivity contribution in [2.24, 2.45) is 0 Å². The van der Waals surface area contributed by atoms with Crippen LogP contribution >= 0.6 is 0 Å². The molecule has 3 N–H and O–H groups in total. The summed E-state index contributed by atoms with van der Waals surface area (Å²) in [5.74, 6) is 0.224. The molecule has 0 radical (unpaired) electrons. The second-order valence-corrected chi connectivity index (χ2v) is 4.57. The second-order valence-electron chi connectivity index (χ2n) is 4.57. The van der Waals surface area contributed by atoms with Gasteiger partial charge in [-0.2, -0.15) is 10.1 Å². The third-order valence-corrected chi connectivity index (χ3v) is 3.31. The number of nitrogen functional groups attached to an aromatic ring is 1. The fourth-order valence-electron chi connectivity index (χ4n) is 2.15. The Balaban J connectivity index is 2.18. The highest BCUT2D eigenvalue weighted by atomic mass is 16.5. The summed E-state index contributed by atoms with van der Waals surface area (Å²) in [5, 5.41) is 7.66. The predicted octanol–water partition coefficient (Wildman–Crippen LogP) is 2.31. The molecule has 2 aromatic heterocycles. The molecular formula is C14H15N5O. The molecule has 1 aromatic carbocycles. The van der Waals surface area contributed by atoms with Gasteiger partial charge in [0.15, 0.2) is 5.65 Å². The van der Waals surface area contributed by atoms with E-state index < -0.39 is 0 Å². The van der Waals surface area contributed by atoms with Crippen molar-refractivity contribution in [3.8, 4) is 11.3 Å². The van der Waals surface area contributed by atoms with Gasteiger partial charge in [-0.15, -0.1) is 0 Å². The maximum atomic E-state index is 5.75. The highest BCUT2D eigenvalue weighted by Crippen LogP contribution is 2.28. The number of hydrogen-bond donors (Lipinski definition) is 2. The number of methoxy groups -OCH3 is 1. The lowest BCUT2D eigenvalue weighted by Gasteiger charge is -2.11. The van der Waals surface area contributed by atoms with Crippen LogP contribution in [0.5, 0.6) is 0 Å². The summed E-state index contributed by atoms with van der Waals surface area (Å²) in [5.41, 5.74) is 9.20. The fourth-order valence-corrected chi connectivity index (χ4v) is 2.15. The summed E-state index contributed by atoms with van der Waals surface area (Å²) in [7, 11) is 1.69. The lowest BCUT2D eigenvalue weighted by molar-refractivity contribution is 0.119. The number of aromatic amines is 1. The SMILES string of the molecule is CO[C@H](C)c1cccc(-c2nc(N)nc3[nH]ncc23)c1. The van der Waals surface area contributed by atoms with Crippen molar-refractivity contribution in [1.82, 2.24) is 20.2 Å². The summed E-state index contributed by atoms with van der Waals surface area (Å²) < 4.78 is 5.35. The molecule has 3 rings (SSSR count). The van der Waals surface area contributed by atoms with Crippen molar-refractivity contribution in [1.29, 1.82) is 0 Å². The minimum Gasteiger partial charge on any atom is -0.377 e. The third kappa shape index (κ3) is 2.10. The maximum Gasteiger partial charge on any atom is 0.222 e. The number of ether oxygens (including phenoxy) is 1. The third-order valence-electron chi connectivity index (χ3n) is 3.31. The van der Waals surface area contributed by atoms with Crippen molar-refractivity contribution in [3.05, 3.63) is 36.0 Å². The fraction of sp³-hybridized carbons (Fsp3) is 0.214. The van der Waals surface area contributed by atoms with Crippen LogP contribution in [0.2, 0.25) is 0 Å². The molecule has 0 fully saturated rings. The number of nitrogens with two attached hydrogens (primary N) is 1. The van der Waals surface area contributed by atoms with Gasteiger partial charge in [-0.05, 0) is 18.6 Å². The summed E-state index contributed by atoms with van der Waals surface area (Å²) >= 11 is 0. The number of rotatable bonds is 3. The lowest BCUT2D eigenvalue weighted by atomic mass is 10.0. The lowest BCUT2D eigenvalue weighted by Crippen LogP contribution is -1.99. The molecule has 2 heterocycles. The molecule has 102 valence electrons. The Kier molecular flexibility index (Phi) is 3.08. The molecule has 0 bridgehead atoms. The van der Waals surface area contributed by atoms with E-state index in [4.69, 9.17) is 10.5 Å². The van der Waals surface area contributed by atoms with E-state index >= 15 is 0 Å². The first-order chi connectivity index (χ1) is 9.69. The van der Waals surface area contributed by atoms with Crippen LogP contribution in [-0.4, -0.2) is 27.3 Å². The molecule has 1 atom stereocenters. The molecule has 0 amide bonds. The van der Waals surface area contributed by atoms with Gasteiger partial charge < -0.3 is 10.5 Å². The van der Waals surface area contributed by atoms with Gasteiger partial charge in [0.25, 0.3) is 0 Å².